The van der Waals surface area contributed by atoms with Crippen LogP contribution in [0.1, 0.15) is 45.7 Å². The quantitative estimate of drug-likeness (QED) is 0.222. The molecule has 0 bridgehead atoms. The minimum atomic E-state index is -3.41. The van der Waals surface area contributed by atoms with Crippen LogP contribution in [0.25, 0.3) is 0 Å². The number of nitrogens with one attached hydrogen (secondary N) is 1. The Kier molecular flexibility index (Phi) is 9.58. The zero-order valence-electron chi connectivity index (χ0n) is 18.9. The summed E-state index contributed by atoms with van der Waals surface area (Å²) in [4.78, 5) is 6.58. The fraction of sp³-hybridized carbons (Fsp3) is 0.800. The average molecular weight is 570 g/mol. The molecular weight excluding hydrogens is 533 g/mol. The lowest BCUT2D eigenvalue weighted by atomic mass is 9.64. The largest absolute Gasteiger partial charge is 0.378 e. The second-order valence-corrected chi connectivity index (χ2v) is 10.6. The molecule has 2 atom stereocenters. The summed E-state index contributed by atoms with van der Waals surface area (Å²) in [7, 11) is -1.63. The van der Waals surface area contributed by atoms with Gasteiger partial charge in [-0.2, -0.15) is 4.31 Å². The number of nitrogens with zero attached hydrogens (tertiary/aromatic N) is 4. The molecule has 2 heterocycles. The fourth-order valence-electron chi connectivity index (χ4n) is 4.00. The molecule has 0 amide bonds. The van der Waals surface area contributed by atoms with Crippen LogP contribution in [-0.4, -0.2) is 80.7 Å². The summed E-state index contributed by atoms with van der Waals surface area (Å²) in [6.45, 7) is 9.50. The Hall–Kier alpha value is -0.920. The molecule has 3 rings (SSSR count). The molecule has 11 heteroatoms. The number of aromatic nitrogens is 1. The molecular formula is C20H36IN5O4S. The van der Waals surface area contributed by atoms with Gasteiger partial charge in [0.2, 0.25) is 10.0 Å². The number of hydrogen-bond donors (Lipinski definition) is 1. The third kappa shape index (κ3) is 6.32. The molecule has 31 heavy (non-hydrogen) atoms. The van der Waals surface area contributed by atoms with Crippen LogP contribution in [0.2, 0.25) is 0 Å². The molecule has 1 saturated carbocycles. The Labute approximate surface area is 203 Å². The number of piperazine rings is 1. The smallest absolute Gasteiger partial charge is 0.220 e. The number of unbranched alkanes of at least 4 members (excludes halogenated alkanes) is 1. The molecule has 2 unspecified atom stereocenters. The molecule has 2 aliphatic rings. The van der Waals surface area contributed by atoms with Crippen molar-refractivity contribution in [2.45, 2.75) is 57.9 Å². The number of hydrogen-bond acceptors (Lipinski definition) is 6. The maximum atomic E-state index is 12.6. The molecule has 1 aromatic heterocycles. The van der Waals surface area contributed by atoms with Gasteiger partial charge in [-0.3, -0.25) is 4.99 Å². The molecule has 0 spiro atoms. The summed E-state index contributed by atoms with van der Waals surface area (Å²) in [6.07, 6.45) is 4.85. The average Bonchev–Trinajstić information content (AvgIpc) is 3.22. The van der Waals surface area contributed by atoms with Crippen LogP contribution in [0.4, 0.5) is 0 Å². The minimum absolute atomic E-state index is 0. The van der Waals surface area contributed by atoms with Crippen molar-refractivity contribution < 1.29 is 17.7 Å². The van der Waals surface area contributed by atoms with E-state index in [1.54, 1.807) is 13.1 Å². The molecule has 178 valence electrons. The van der Waals surface area contributed by atoms with Gasteiger partial charge in [0.05, 0.1) is 11.8 Å². The van der Waals surface area contributed by atoms with E-state index in [2.05, 4.69) is 41.1 Å². The van der Waals surface area contributed by atoms with Gasteiger partial charge in [-0.1, -0.05) is 32.3 Å². The Morgan fingerprint density at radius 1 is 1.35 bits per heavy atom. The van der Waals surface area contributed by atoms with Crippen LogP contribution in [0.15, 0.2) is 21.8 Å². The highest BCUT2D eigenvalue weighted by atomic mass is 127. The summed E-state index contributed by atoms with van der Waals surface area (Å²) in [5.74, 6) is 0.695. The Bertz CT molecular complexity index is 808. The van der Waals surface area contributed by atoms with E-state index in [0.717, 1.165) is 31.8 Å². The van der Waals surface area contributed by atoms with E-state index in [0.29, 0.717) is 31.9 Å². The Morgan fingerprint density at radius 3 is 2.61 bits per heavy atom. The van der Waals surface area contributed by atoms with Crippen LogP contribution < -0.4 is 5.32 Å². The molecule has 2 fully saturated rings. The van der Waals surface area contributed by atoms with Gasteiger partial charge in [0.25, 0.3) is 0 Å². The second kappa shape index (κ2) is 11.3. The van der Waals surface area contributed by atoms with Gasteiger partial charge in [0.1, 0.15) is 12.0 Å². The maximum Gasteiger partial charge on any atom is 0.220 e. The van der Waals surface area contributed by atoms with Gasteiger partial charge >= 0.3 is 0 Å². The predicted octanol–water partition coefficient (Wildman–Crippen LogP) is 2.30. The first-order chi connectivity index (χ1) is 14.3. The number of rotatable bonds is 8. The summed E-state index contributed by atoms with van der Waals surface area (Å²) in [5, 5.41) is 7.29. The van der Waals surface area contributed by atoms with Gasteiger partial charge in [0.15, 0.2) is 5.96 Å². The number of guanidine groups is 1. The standard InChI is InChI=1S/C20H35N5O4S.HI/c1-5-6-12-28-18-14-17(20(18,2)3)22-19(21-4)24-8-10-25(11-9-24)30(26,27)15-16-7-13-29-23-16;/h7,13,17-18H,5-6,8-12,14-15H2,1-4H3,(H,21,22);1H. The molecule has 0 aromatic carbocycles. The molecule has 1 saturated heterocycles. The highest BCUT2D eigenvalue weighted by Crippen LogP contribution is 2.43. The minimum Gasteiger partial charge on any atom is -0.378 e. The van der Waals surface area contributed by atoms with Crippen molar-refractivity contribution in [2.24, 2.45) is 10.4 Å². The first-order valence-corrected chi connectivity index (χ1v) is 12.4. The molecule has 1 aliphatic carbocycles. The molecule has 1 aliphatic heterocycles. The summed E-state index contributed by atoms with van der Waals surface area (Å²) < 4.78 is 37.6. The van der Waals surface area contributed by atoms with Crippen molar-refractivity contribution >= 4 is 40.0 Å². The zero-order valence-corrected chi connectivity index (χ0v) is 22.1. The summed E-state index contributed by atoms with van der Waals surface area (Å²) in [6, 6.07) is 1.87. The van der Waals surface area contributed by atoms with Crippen LogP contribution in [-0.2, 0) is 20.5 Å². The van der Waals surface area contributed by atoms with Crippen LogP contribution in [0.3, 0.4) is 0 Å². The van der Waals surface area contributed by atoms with Gasteiger partial charge < -0.3 is 19.5 Å². The van der Waals surface area contributed by atoms with Crippen molar-refractivity contribution in [3.05, 3.63) is 18.0 Å². The topological polar surface area (TPSA) is 100 Å². The van der Waals surface area contributed by atoms with E-state index in [4.69, 9.17) is 9.26 Å². The Balaban J connectivity index is 0.00000341. The highest BCUT2D eigenvalue weighted by Gasteiger charge is 2.49. The SMILES string of the molecule is CCCCOC1CC(NC(=NC)N2CCN(S(=O)(=O)Cc3ccon3)CC2)C1(C)C.I. The van der Waals surface area contributed by atoms with Crippen LogP contribution in [0, 0.1) is 5.41 Å². The van der Waals surface area contributed by atoms with E-state index in [1.165, 1.54) is 10.6 Å². The molecule has 1 aromatic rings. The predicted molar refractivity (Wildman–Crippen MR) is 131 cm³/mol. The van der Waals surface area contributed by atoms with Crippen LogP contribution >= 0.6 is 24.0 Å². The number of halogens is 1. The van der Waals surface area contributed by atoms with E-state index >= 15 is 0 Å². The molecule has 9 nitrogen and oxygen atoms in total. The third-order valence-electron chi connectivity index (χ3n) is 6.26. The van der Waals surface area contributed by atoms with Gasteiger partial charge in [-0.25, -0.2) is 8.42 Å². The lowest BCUT2D eigenvalue weighted by Crippen LogP contribution is -2.65. The van der Waals surface area contributed by atoms with Crippen molar-refractivity contribution in [1.82, 2.24) is 19.7 Å². The lowest BCUT2D eigenvalue weighted by Gasteiger charge is -2.52. The summed E-state index contributed by atoms with van der Waals surface area (Å²) >= 11 is 0. The van der Waals surface area contributed by atoms with Crippen molar-refractivity contribution in [1.29, 1.82) is 0 Å². The van der Waals surface area contributed by atoms with Crippen molar-refractivity contribution in [2.75, 3.05) is 39.8 Å². The summed E-state index contributed by atoms with van der Waals surface area (Å²) in [5.41, 5.74) is 0.463. The van der Waals surface area contributed by atoms with Crippen molar-refractivity contribution in [3.63, 3.8) is 0 Å². The monoisotopic (exact) mass is 569 g/mol. The number of sulfonamides is 1. The van der Waals surface area contributed by atoms with E-state index < -0.39 is 10.0 Å². The normalized spacial score (nSPS) is 24.4. The fourth-order valence-corrected chi connectivity index (χ4v) is 5.43. The van der Waals surface area contributed by atoms with Gasteiger partial charge in [-0.05, 0) is 12.8 Å². The number of ether oxygens (including phenoxy) is 1. The first-order valence-electron chi connectivity index (χ1n) is 10.7. The Morgan fingerprint density at radius 2 is 2.06 bits per heavy atom. The third-order valence-corrected chi connectivity index (χ3v) is 8.08. The van der Waals surface area contributed by atoms with Crippen molar-refractivity contribution in [3.8, 4) is 0 Å². The van der Waals surface area contributed by atoms with E-state index in [-0.39, 0.29) is 47.3 Å². The highest BCUT2D eigenvalue weighted by molar-refractivity contribution is 14.0. The first kappa shape index (κ1) is 26.3. The maximum absolute atomic E-state index is 12.6. The second-order valence-electron chi connectivity index (χ2n) is 8.65. The van der Waals surface area contributed by atoms with E-state index in [1.807, 2.05) is 0 Å². The number of aliphatic imine (C=N–C) groups is 1. The zero-order chi connectivity index (χ0) is 21.8. The van der Waals surface area contributed by atoms with Crippen LogP contribution in [0.5, 0.6) is 0 Å². The van der Waals surface area contributed by atoms with Gasteiger partial charge in [0, 0.05) is 57.4 Å². The lowest BCUT2D eigenvalue weighted by molar-refractivity contribution is -0.114. The molecule has 1 N–H and O–H groups in total. The van der Waals surface area contributed by atoms with E-state index in [9.17, 15) is 8.42 Å². The molecule has 0 radical (unpaired) electrons. The van der Waals surface area contributed by atoms with Gasteiger partial charge in [-0.15, -0.1) is 24.0 Å².